The molecule has 4 atom stereocenters. The second kappa shape index (κ2) is 3.48. The highest BCUT2D eigenvalue weighted by Crippen LogP contribution is 2.36. The van der Waals surface area contributed by atoms with Crippen LogP contribution in [0.1, 0.15) is 26.2 Å². The van der Waals surface area contributed by atoms with Gasteiger partial charge in [0.15, 0.2) is 0 Å². The third-order valence-electron chi connectivity index (χ3n) is 3.58. The summed E-state index contributed by atoms with van der Waals surface area (Å²) in [7, 11) is 0. The summed E-state index contributed by atoms with van der Waals surface area (Å²) in [6.45, 7) is 2.00. The molecule has 0 saturated carbocycles. The fourth-order valence-electron chi connectivity index (χ4n) is 2.75. The highest BCUT2D eigenvalue weighted by atomic mass is 16.4. The zero-order chi connectivity index (χ0) is 11.2. The summed E-state index contributed by atoms with van der Waals surface area (Å²) in [6.07, 6.45) is 2.06. The molecule has 2 aliphatic heterocycles. The number of carboxylic acids is 1. The van der Waals surface area contributed by atoms with Crippen LogP contribution in [0, 0.1) is 5.92 Å². The summed E-state index contributed by atoms with van der Waals surface area (Å²) in [5.41, 5.74) is 5.66. The smallest absolute Gasteiger partial charge is 0.326 e. The largest absolute Gasteiger partial charge is 0.480 e. The lowest BCUT2D eigenvalue weighted by atomic mass is 9.93. The second-order valence-corrected chi connectivity index (χ2v) is 4.56. The number of amides is 1. The van der Waals surface area contributed by atoms with Gasteiger partial charge in [-0.05, 0) is 25.2 Å². The van der Waals surface area contributed by atoms with Crippen molar-refractivity contribution in [1.29, 1.82) is 0 Å². The number of piperidine rings is 1. The van der Waals surface area contributed by atoms with Crippen LogP contribution in [0.15, 0.2) is 0 Å². The number of aliphatic carboxylic acids is 1. The van der Waals surface area contributed by atoms with Gasteiger partial charge in [-0.15, -0.1) is 0 Å². The molecular formula is C10H16N2O3. The molecule has 0 radical (unpaired) electrons. The Kier molecular flexibility index (Phi) is 2.42. The number of rotatable bonds is 1. The van der Waals surface area contributed by atoms with Gasteiger partial charge in [-0.25, -0.2) is 4.79 Å². The van der Waals surface area contributed by atoms with E-state index < -0.39 is 18.1 Å². The zero-order valence-corrected chi connectivity index (χ0v) is 8.72. The Labute approximate surface area is 88.2 Å². The zero-order valence-electron chi connectivity index (χ0n) is 8.72. The predicted molar refractivity (Wildman–Crippen MR) is 53.0 cm³/mol. The first-order valence-electron chi connectivity index (χ1n) is 5.33. The Bertz CT molecular complexity index is 305. The van der Waals surface area contributed by atoms with Gasteiger partial charge in [0.05, 0.1) is 6.04 Å². The van der Waals surface area contributed by atoms with Gasteiger partial charge in [0.1, 0.15) is 6.04 Å². The minimum absolute atomic E-state index is 0.0819. The molecule has 1 amide bonds. The molecule has 2 aliphatic rings. The molecule has 2 fully saturated rings. The van der Waals surface area contributed by atoms with Gasteiger partial charge in [0.2, 0.25) is 5.91 Å². The number of hydrogen-bond acceptors (Lipinski definition) is 3. The van der Waals surface area contributed by atoms with Crippen LogP contribution in [0.5, 0.6) is 0 Å². The minimum atomic E-state index is -0.910. The van der Waals surface area contributed by atoms with E-state index >= 15 is 0 Å². The molecule has 15 heavy (non-hydrogen) atoms. The maximum Gasteiger partial charge on any atom is 0.326 e. The van der Waals surface area contributed by atoms with Crippen LogP contribution in [-0.2, 0) is 9.59 Å². The summed E-state index contributed by atoms with van der Waals surface area (Å²) in [5, 5.41) is 9.04. The molecular weight excluding hydrogens is 196 g/mol. The summed E-state index contributed by atoms with van der Waals surface area (Å²) >= 11 is 0. The van der Waals surface area contributed by atoms with Gasteiger partial charge in [-0.1, -0.05) is 6.92 Å². The summed E-state index contributed by atoms with van der Waals surface area (Å²) < 4.78 is 0. The van der Waals surface area contributed by atoms with Crippen LogP contribution in [0.4, 0.5) is 0 Å². The van der Waals surface area contributed by atoms with Crippen molar-refractivity contribution < 1.29 is 14.7 Å². The second-order valence-electron chi connectivity index (χ2n) is 4.56. The Morgan fingerprint density at radius 2 is 2.20 bits per heavy atom. The SMILES string of the molecule is CC1CC(C(=O)O)N2C(=O)C(N)CCC12. The summed E-state index contributed by atoms with van der Waals surface area (Å²) in [6, 6.07) is -1.09. The van der Waals surface area contributed by atoms with Gasteiger partial charge in [-0.2, -0.15) is 0 Å². The average Bonchev–Trinajstić information content (AvgIpc) is 2.50. The van der Waals surface area contributed by atoms with E-state index in [1.54, 1.807) is 0 Å². The molecule has 0 aromatic heterocycles. The maximum absolute atomic E-state index is 11.8. The first kappa shape index (κ1) is 10.4. The van der Waals surface area contributed by atoms with Crippen LogP contribution in [0.3, 0.4) is 0 Å². The summed E-state index contributed by atoms with van der Waals surface area (Å²) in [5.74, 6) is -0.836. The quantitative estimate of drug-likeness (QED) is 0.630. The van der Waals surface area contributed by atoms with Crippen molar-refractivity contribution in [2.75, 3.05) is 0 Å². The maximum atomic E-state index is 11.8. The molecule has 2 heterocycles. The Balaban J connectivity index is 2.26. The van der Waals surface area contributed by atoms with Crippen molar-refractivity contribution in [3.8, 4) is 0 Å². The van der Waals surface area contributed by atoms with Crippen LogP contribution in [-0.4, -0.2) is 40.0 Å². The Morgan fingerprint density at radius 3 is 2.80 bits per heavy atom. The third kappa shape index (κ3) is 1.51. The van der Waals surface area contributed by atoms with E-state index in [2.05, 4.69) is 0 Å². The Hall–Kier alpha value is -1.10. The van der Waals surface area contributed by atoms with E-state index in [-0.39, 0.29) is 17.9 Å². The van der Waals surface area contributed by atoms with Crippen molar-refractivity contribution in [3.63, 3.8) is 0 Å². The predicted octanol–water partition coefficient (Wildman–Crippen LogP) is -0.202. The van der Waals surface area contributed by atoms with Crippen LogP contribution >= 0.6 is 0 Å². The number of nitrogens with zero attached hydrogens (tertiary/aromatic N) is 1. The number of carbonyl (C=O) groups excluding carboxylic acids is 1. The lowest BCUT2D eigenvalue weighted by Crippen LogP contribution is -2.55. The molecule has 0 bridgehead atoms. The molecule has 3 N–H and O–H groups in total. The van der Waals surface area contributed by atoms with Crippen molar-refractivity contribution in [1.82, 2.24) is 4.90 Å². The average molecular weight is 212 g/mol. The van der Waals surface area contributed by atoms with Crippen LogP contribution < -0.4 is 5.73 Å². The number of fused-ring (bicyclic) bond motifs is 1. The molecule has 5 nitrogen and oxygen atoms in total. The van der Waals surface area contributed by atoms with Crippen LogP contribution in [0.25, 0.3) is 0 Å². The fraction of sp³-hybridized carbons (Fsp3) is 0.800. The van der Waals surface area contributed by atoms with E-state index in [1.807, 2.05) is 6.92 Å². The molecule has 0 spiro atoms. The molecule has 2 saturated heterocycles. The molecule has 4 unspecified atom stereocenters. The van der Waals surface area contributed by atoms with E-state index in [1.165, 1.54) is 4.90 Å². The van der Waals surface area contributed by atoms with Gasteiger partial charge >= 0.3 is 5.97 Å². The normalized spacial score (nSPS) is 40.4. The molecule has 0 aromatic carbocycles. The molecule has 84 valence electrons. The van der Waals surface area contributed by atoms with E-state index in [4.69, 9.17) is 10.8 Å². The highest BCUT2D eigenvalue weighted by Gasteiger charge is 2.48. The topological polar surface area (TPSA) is 83.6 Å². The molecule has 0 aromatic rings. The highest BCUT2D eigenvalue weighted by molar-refractivity contribution is 5.88. The monoisotopic (exact) mass is 212 g/mol. The Morgan fingerprint density at radius 1 is 1.53 bits per heavy atom. The molecule has 0 aliphatic carbocycles. The number of hydrogen-bond donors (Lipinski definition) is 2. The minimum Gasteiger partial charge on any atom is -0.480 e. The number of carbonyl (C=O) groups is 2. The van der Waals surface area contributed by atoms with Gasteiger partial charge in [0, 0.05) is 6.04 Å². The van der Waals surface area contributed by atoms with Crippen molar-refractivity contribution in [2.24, 2.45) is 11.7 Å². The first-order chi connectivity index (χ1) is 7.02. The van der Waals surface area contributed by atoms with Crippen LogP contribution in [0.2, 0.25) is 0 Å². The van der Waals surface area contributed by atoms with E-state index in [0.717, 1.165) is 6.42 Å². The standard InChI is InChI=1S/C10H16N2O3/c1-5-4-8(10(14)15)12-7(5)3-2-6(11)9(12)13/h5-8H,2-4,11H2,1H3,(H,14,15). The van der Waals surface area contributed by atoms with Crippen molar-refractivity contribution in [3.05, 3.63) is 0 Å². The summed E-state index contributed by atoms with van der Waals surface area (Å²) in [4.78, 5) is 24.3. The van der Waals surface area contributed by atoms with Crippen molar-refractivity contribution >= 4 is 11.9 Å². The number of nitrogens with two attached hydrogens (primary N) is 1. The molecule has 5 heteroatoms. The number of carboxylic acid groups (broad SMARTS) is 1. The van der Waals surface area contributed by atoms with E-state index in [0.29, 0.717) is 12.8 Å². The fourth-order valence-corrected chi connectivity index (χ4v) is 2.75. The van der Waals surface area contributed by atoms with Crippen molar-refractivity contribution in [2.45, 2.75) is 44.3 Å². The third-order valence-corrected chi connectivity index (χ3v) is 3.58. The van der Waals surface area contributed by atoms with Gasteiger partial charge in [0.25, 0.3) is 0 Å². The van der Waals surface area contributed by atoms with E-state index in [9.17, 15) is 9.59 Å². The molecule has 2 rings (SSSR count). The first-order valence-corrected chi connectivity index (χ1v) is 5.33. The lowest BCUT2D eigenvalue weighted by molar-refractivity contribution is -0.151. The van der Waals surface area contributed by atoms with Gasteiger partial charge in [-0.3, -0.25) is 4.79 Å². The van der Waals surface area contributed by atoms with Gasteiger partial charge < -0.3 is 15.7 Å². The lowest BCUT2D eigenvalue weighted by Gasteiger charge is -2.36.